The van der Waals surface area contributed by atoms with Crippen LogP contribution >= 0.6 is 0 Å². The van der Waals surface area contributed by atoms with Gasteiger partial charge < -0.3 is 10.1 Å². The van der Waals surface area contributed by atoms with Gasteiger partial charge in [-0.3, -0.25) is 4.90 Å². The van der Waals surface area contributed by atoms with Gasteiger partial charge in [0.05, 0.1) is 12.1 Å². The molecule has 0 aliphatic carbocycles. The lowest BCUT2D eigenvalue weighted by Gasteiger charge is -2.31. The molecule has 1 aromatic rings. The van der Waals surface area contributed by atoms with Gasteiger partial charge in [-0.1, -0.05) is 12.1 Å². The fourth-order valence-electron chi connectivity index (χ4n) is 3.04. The van der Waals surface area contributed by atoms with Crippen LogP contribution in [0.4, 0.5) is 18.0 Å². The summed E-state index contributed by atoms with van der Waals surface area (Å²) in [6.07, 6.45) is -3.13. The zero-order valence-corrected chi connectivity index (χ0v) is 11.9. The second-order valence-corrected chi connectivity index (χ2v) is 5.89. The Hall–Kier alpha value is -1.76. The third-order valence-electron chi connectivity index (χ3n) is 4.10. The van der Waals surface area contributed by atoms with Gasteiger partial charge in [-0.05, 0) is 37.1 Å². The van der Waals surface area contributed by atoms with Crippen molar-refractivity contribution >= 4 is 6.09 Å². The van der Waals surface area contributed by atoms with E-state index in [0.717, 1.165) is 31.5 Å². The molecule has 1 amide bonds. The summed E-state index contributed by atoms with van der Waals surface area (Å²) in [5.41, 5.74) is -0.782. The SMILES string of the molecule is O=C1OC2(CCCNC2)CN1Cc1cccc(C(F)(F)F)c1. The molecule has 2 aliphatic heterocycles. The largest absolute Gasteiger partial charge is 0.440 e. The Labute approximate surface area is 126 Å². The molecule has 120 valence electrons. The second-order valence-electron chi connectivity index (χ2n) is 5.89. The van der Waals surface area contributed by atoms with Crippen LogP contribution in [-0.4, -0.2) is 36.2 Å². The van der Waals surface area contributed by atoms with Gasteiger partial charge in [0, 0.05) is 13.1 Å². The maximum absolute atomic E-state index is 12.7. The minimum atomic E-state index is -4.38. The van der Waals surface area contributed by atoms with Crippen LogP contribution in [0.5, 0.6) is 0 Å². The molecule has 3 rings (SSSR count). The third-order valence-corrected chi connectivity index (χ3v) is 4.10. The van der Waals surface area contributed by atoms with E-state index in [1.165, 1.54) is 11.0 Å². The molecule has 2 aliphatic rings. The fourth-order valence-corrected chi connectivity index (χ4v) is 3.04. The molecule has 0 bridgehead atoms. The van der Waals surface area contributed by atoms with Gasteiger partial charge in [0.2, 0.25) is 0 Å². The number of nitrogens with zero attached hydrogens (tertiary/aromatic N) is 1. The molecule has 1 atom stereocenters. The smallest absolute Gasteiger partial charge is 0.416 e. The minimum Gasteiger partial charge on any atom is -0.440 e. The summed E-state index contributed by atoms with van der Waals surface area (Å²) < 4.78 is 43.7. The molecule has 2 heterocycles. The predicted molar refractivity (Wildman–Crippen MR) is 73.2 cm³/mol. The summed E-state index contributed by atoms with van der Waals surface area (Å²) in [6.45, 7) is 2.03. The molecule has 0 radical (unpaired) electrons. The Morgan fingerprint density at radius 1 is 1.36 bits per heavy atom. The lowest BCUT2D eigenvalue weighted by atomic mass is 9.94. The van der Waals surface area contributed by atoms with Crippen molar-refractivity contribution in [3.63, 3.8) is 0 Å². The highest BCUT2D eigenvalue weighted by molar-refractivity contribution is 5.70. The molecule has 1 unspecified atom stereocenters. The van der Waals surface area contributed by atoms with E-state index in [0.29, 0.717) is 18.7 Å². The number of hydrogen-bond donors (Lipinski definition) is 1. The van der Waals surface area contributed by atoms with Crippen molar-refractivity contribution in [2.75, 3.05) is 19.6 Å². The van der Waals surface area contributed by atoms with Crippen molar-refractivity contribution in [1.82, 2.24) is 10.2 Å². The lowest BCUT2D eigenvalue weighted by Crippen LogP contribution is -2.48. The van der Waals surface area contributed by atoms with Gasteiger partial charge in [-0.2, -0.15) is 13.2 Å². The third kappa shape index (κ3) is 3.04. The van der Waals surface area contributed by atoms with Crippen LogP contribution in [0.15, 0.2) is 24.3 Å². The van der Waals surface area contributed by atoms with Gasteiger partial charge in [0.25, 0.3) is 0 Å². The average Bonchev–Trinajstić information content (AvgIpc) is 2.74. The van der Waals surface area contributed by atoms with Crippen molar-refractivity contribution in [2.45, 2.75) is 31.2 Å². The van der Waals surface area contributed by atoms with Gasteiger partial charge in [0.15, 0.2) is 0 Å². The van der Waals surface area contributed by atoms with Crippen molar-refractivity contribution in [3.05, 3.63) is 35.4 Å². The van der Waals surface area contributed by atoms with Crippen LogP contribution in [0.2, 0.25) is 0 Å². The monoisotopic (exact) mass is 314 g/mol. The summed E-state index contributed by atoms with van der Waals surface area (Å²) >= 11 is 0. The highest BCUT2D eigenvalue weighted by Crippen LogP contribution is 2.32. The standard InChI is InChI=1S/C15H17F3N2O2/c16-15(17,18)12-4-1-3-11(7-12)8-20-10-14(22-13(20)21)5-2-6-19-9-14/h1,3-4,7,19H,2,5-6,8-10H2. The van der Waals surface area contributed by atoms with Crippen LogP contribution < -0.4 is 5.32 Å². The van der Waals surface area contributed by atoms with Gasteiger partial charge in [-0.15, -0.1) is 0 Å². The first-order chi connectivity index (χ1) is 10.4. The van der Waals surface area contributed by atoms with Crippen molar-refractivity contribution < 1.29 is 22.7 Å². The maximum atomic E-state index is 12.7. The number of carbonyl (C=O) groups excluding carboxylic acids is 1. The summed E-state index contributed by atoms with van der Waals surface area (Å²) in [6, 6.07) is 5.06. The molecule has 2 saturated heterocycles. The quantitative estimate of drug-likeness (QED) is 0.913. The number of hydrogen-bond acceptors (Lipinski definition) is 3. The Balaban J connectivity index is 1.72. The van der Waals surface area contributed by atoms with Crippen LogP contribution in [-0.2, 0) is 17.5 Å². The predicted octanol–water partition coefficient (Wildman–Crippen LogP) is 2.78. The van der Waals surface area contributed by atoms with E-state index in [9.17, 15) is 18.0 Å². The van der Waals surface area contributed by atoms with Crippen molar-refractivity contribution in [3.8, 4) is 0 Å². The zero-order valence-electron chi connectivity index (χ0n) is 11.9. The van der Waals surface area contributed by atoms with E-state index in [-0.39, 0.29) is 6.54 Å². The number of benzene rings is 1. The average molecular weight is 314 g/mol. The molecule has 22 heavy (non-hydrogen) atoms. The molecular formula is C15H17F3N2O2. The summed E-state index contributed by atoms with van der Waals surface area (Å²) in [5.74, 6) is 0. The van der Waals surface area contributed by atoms with E-state index < -0.39 is 23.4 Å². The first-order valence-corrected chi connectivity index (χ1v) is 7.23. The number of halogens is 3. The first kappa shape index (κ1) is 15.1. The number of piperidine rings is 1. The number of alkyl halides is 3. The highest BCUT2D eigenvalue weighted by Gasteiger charge is 2.45. The molecule has 1 spiro atoms. The second kappa shape index (κ2) is 5.46. The molecule has 2 fully saturated rings. The van der Waals surface area contributed by atoms with Crippen LogP contribution in [0.25, 0.3) is 0 Å². The summed E-state index contributed by atoms with van der Waals surface area (Å²) in [5, 5.41) is 3.20. The van der Waals surface area contributed by atoms with Crippen LogP contribution in [0, 0.1) is 0 Å². The minimum absolute atomic E-state index is 0.129. The number of nitrogens with one attached hydrogen (secondary N) is 1. The lowest BCUT2D eigenvalue weighted by molar-refractivity contribution is -0.137. The first-order valence-electron chi connectivity index (χ1n) is 7.23. The fraction of sp³-hybridized carbons (Fsp3) is 0.533. The molecule has 0 saturated carbocycles. The van der Waals surface area contributed by atoms with E-state index in [1.807, 2.05) is 0 Å². The molecule has 7 heteroatoms. The Bertz CT molecular complexity index is 568. The molecule has 1 aromatic carbocycles. The van der Waals surface area contributed by atoms with E-state index in [2.05, 4.69) is 5.32 Å². The molecule has 4 nitrogen and oxygen atoms in total. The molecule has 0 aromatic heterocycles. The number of amides is 1. The number of rotatable bonds is 2. The molecular weight excluding hydrogens is 297 g/mol. The summed E-state index contributed by atoms with van der Waals surface area (Å²) in [4.78, 5) is 13.5. The topological polar surface area (TPSA) is 41.6 Å². The summed E-state index contributed by atoms with van der Waals surface area (Å²) in [7, 11) is 0. The Morgan fingerprint density at radius 2 is 2.18 bits per heavy atom. The highest BCUT2D eigenvalue weighted by atomic mass is 19.4. The molecule has 1 N–H and O–H groups in total. The van der Waals surface area contributed by atoms with Crippen LogP contribution in [0.1, 0.15) is 24.0 Å². The number of carbonyl (C=O) groups is 1. The normalized spacial score (nSPS) is 25.6. The van der Waals surface area contributed by atoms with E-state index in [1.54, 1.807) is 6.07 Å². The van der Waals surface area contributed by atoms with Gasteiger partial charge >= 0.3 is 12.3 Å². The van der Waals surface area contributed by atoms with Gasteiger partial charge in [-0.25, -0.2) is 4.79 Å². The number of ether oxygens (including phenoxy) is 1. The van der Waals surface area contributed by atoms with E-state index in [4.69, 9.17) is 4.74 Å². The van der Waals surface area contributed by atoms with E-state index >= 15 is 0 Å². The zero-order chi connectivity index (χ0) is 15.8. The van der Waals surface area contributed by atoms with Crippen LogP contribution in [0.3, 0.4) is 0 Å². The van der Waals surface area contributed by atoms with Crippen molar-refractivity contribution in [1.29, 1.82) is 0 Å². The maximum Gasteiger partial charge on any atom is 0.416 e. The van der Waals surface area contributed by atoms with Crippen molar-refractivity contribution in [2.24, 2.45) is 0 Å². The Morgan fingerprint density at radius 3 is 2.86 bits per heavy atom. The van der Waals surface area contributed by atoms with Gasteiger partial charge in [0.1, 0.15) is 5.60 Å². The Kier molecular flexibility index (Phi) is 3.76.